The van der Waals surface area contributed by atoms with Crippen LogP contribution in [0.5, 0.6) is 0 Å². The Morgan fingerprint density at radius 2 is 0.632 bits per heavy atom. The first kappa shape index (κ1) is 65.7. The smallest absolute Gasteiger partial charge is 0.333 e. The minimum absolute atomic E-state index is 0.0295. The van der Waals surface area contributed by atoms with Crippen molar-refractivity contribution >= 4 is 55.7 Å². The Balaban J connectivity index is 0.000000400. The molecular weight excluding hydrogens is 1050 g/mol. The van der Waals surface area contributed by atoms with Crippen LogP contribution in [0.3, 0.4) is 0 Å². The van der Waals surface area contributed by atoms with Gasteiger partial charge in [0, 0.05) is 0 Å². The number of carbonyl (C=O) groups excluding carboxylic acids is 4. The Morgan fingerprint density at radius 1 is 0.408 bits per heavy atom. The molecule has 0 N–H and O–H groups in total. The Bertz CT molecular complexity index is 2220. The maximum absolute atomic E-state index is 14.1. The van der Waals surface area contributed by atoms with E-state index in [4.69, 9.17) is 45.9 Å². The van der Waals surface area contributed by atoms with Gasteiger partial charge >= 0.3 is 39.1 Å². The Morgan fingerprint density at radius 3 is 0.829 bits per heavy atom. The van der Waals surface area contributed by atoms with Gasteiger partial charge in [0.05, 0.1) is 79.0 Å². The summed E-state index contributed by atoms with van der Waals surface area (Å²) in [6.45, 7) is 20.4. The quantitative estimate of drug-likeness (QED) is 0.0225. The van der Waals surface area contributed by atoms with Gasteiger partial charge in [0.2, 0.25) is 0 Å². The summed E-state index contributed by atoms with van der Waals surface area (Å²) in [4.78, 5) is 51.3. The van der Waals surface area contributed by atoms with E-state index in [1.807, 2.05) is 189 Å². The summed E-state index contributed by atoms with van der Waals surface area (Å²) in [7, 11) is -7.50. The molecule has 0 amide bonds. The maximum Gasteiger partial charge on any atom is 0.333 e. The highest BCUT2D eigenvalue weighted by Gasteiger charge is 2.46. The fourth-order valence-electron chi connectivity index (χ4n) is 6.87. The van der Waals surface area contributed by atoms with Crippen LogP contribution in [0.1, 0.15) is 76.6 Å². The summed E-state index contributed by atoms with van der Waals surface area (Å²) in [5.41, 5.74) is 3.22. The molecule has 420 valence electrons. The summed E-state index contributed by atoms with van der Waals surface area (Å²) in [6, 6.07) is 37.1. The zero-order valence-corrected chi connectivity index (χ0v) is 50.7. The first-order chi connectivity index (χ1) is 35.6. The number of carbonyl (C=O) groups is 4. The highest BCUT2D eigenvalue weighted by molar-refractivity contribution is 7.54. The molecule has 4 rings (SSSR count). The molecule has 76 heavy (non-hydrogen) atoms. The van der Waals surface area contributed by atoms with Crippen molar-refractivity contribution in [1.82, 2.24) is 0 Å². The van der Waals surface area contributed by atoms with Crippen molar-refractivity contribution < 1.29 is 74.2 Å². The lowest BCUT2D eigenvalue weighted by Gasteiger charge is -2.39. The van der Waals surface area contributed by atoms with Crippen molar-refractivity contribution in [2.75, 3.05) is 40.8 Å². The van der Waals surface area contributed by atoms with Crippen LogP contribution in [-0.2, 0) is 101 Å². The van der Waals surface area contributed by atoms with Gasteiger partial charge in [-0.1, -0.05) is 163 Å². The monoisotopic (exact) mass is 1130 g/mol. The Hall–Kier alpha value is -4.59. The highest BCUT2D eigenvalue weighted by atomic mass is 31.2. The van der Waals surface area contributed by atoms with Gasteiger partial charge in [0.1, 0.15) is 12.2 Å². The first-order valence-corrected chi connectivity index (χ1v) is 34.5. The predicted octanol–water partition coefficient (Wildman–Crippen LogP) is 12.7. The molecule has 0 aliphatic carbocycles. The van der Waals surface area contributed by atoms with Crippen molar-refractivity contribution in [3.8, 4) is 0 Å². The van der Waals surface area contributed by atoms with Gasteiger partial charge in [-0.3, -0.25) is 18.7 Å². The highest BCUT2D eigenvalue weighted by Crippen LogP contribution is 2.54. The predicted molar refractivity (Wildman–Crippen MR) is 298 cm³/mol. The Kier molecular flexibility index (Phi) is 26.4. The van der Waals surface area contributed by atoms with Crippen molar-refractivity contribution in [3.63, 3.8) is 0 Å². The molecule has 0 saturated heterocycles. The van der Waals surface area contributed by atoms with E-state index in [1.54, 1.807) is 0 Å². The summed E-state index contributed by atoms with van der Waals surface area (Å²) in [5, 5.41) is -0.375. The van der Waals surface area contributed by atoms with Crippen molar-refractivity contribution in [1.29, 1.82) is 0 Å². The summed E-state index contributed by atoms with van der Waals surface area (Å²) < 4.78 is 84.3. The van der Waals surface area contributed by atoms with E-state index >= 15 is 0 Å². The van der Waals surface area contributed by atoms with Crippen LogP contribution >= 0.6 is 15.2 Å². The molecule has 0 spiro atoms. The molecule has 0 fully saturated rings. The molecular formula is C56H82O16P2Si2. The second kappa shape index (κ2) is 30.5. The molecule has 4 atom stereocenters. The lowest BCUT2D eigenvalue weighted by Crippen LogP contribution is -2.47. The van der Waals surface area contributed by atoms with E-state index in [9.17, 15) is 28.3 Å². The van der Waals surface area contributed by atoms with E-state index in [0.29, 0.717) is 0 Å². The zero-order valence-electron chi connectivity index (χ0n) is 46.9. The molecule has 4 aromatic carbocycles. The molecule has 0 aliphatic heterocycles. The van der Waals surface area contributed by atoms with Gasteiger partial charge in [-0.05, 0) is 71.4 Å². The van der Waals surface area contributed by atoms with Gasteiger partial charge in [-0.2, -0.15) is 0 Å². The van der Waals surface area contributed by atoms with E-state index in [-0.39, 0.29) is 61.7 Å². The summed E-state index contributed by atoms with van der Waals surface area (Å²) >= 11 is 0. The van der Waals surface area contributed by atoms with E-state index in [0.717, 1.165) is 22.3 Å². The van der Waals surface area contributed by atoms with Gasteiger partial charge < -0.3 is 45.9 Å². The lowest BCUT2D eigenvalue weighted by molar-refractivity contribution is -0.154. The van der Waals surface area contributed by atoms with Gasteiger partial charge in [-0.25, -0.2) is 9.59 Å². The summed E-state index contributed by atoms with van der Waals surface area (Å²) in [5.74, 6) is -4.46. The third-order valence-corrected chi connectivity index (χ3v) is 26.3. The molecule has 0 aromatic heterocycles. The fourth-order valence-corrected chi connectivity index (χ4v) is 13.0. The number of benzene rings is 4. The lowest BCUT2D eigenvalue weighted by atomic mass is 10.0. The topological polar surface area (TPSA) is 195 Å². The van der Waals surface area contributed by atoms with Crippen molar-refractivity contribution in [3.05, 3.63) is 144 Å². The average Bonchev–Trinajstić information content (AvgIpc) is 3.39. The van der Waals surface area contributed by atoms with E-state index < -0.39 is 79.7 Å². The minimum Gasteiger partial charge on any atom is -0.469 e. The number of ether oxygens (including phenoxy) is 4. The molecule has 0 heterocycles. The number of rotatable bonds is 28. The third kappa shape index (κ3) is 22.0. The minimum atomic E-state index is -3.85. The SMILES string of the molecule is COC(=O)[C@@H](C[C@H](O[Si](C)(C)C(C)(C)C)C(=O)OC)CP(=O)(OCc1ccccc1)OCc1ccccc1.COC(=O)[C@H](C[C@H](O[Si](C)(C)C(C)(C)C)C(=O)OC)CP(=O)(OCc1ccccc1)OCc1ccccc1. The molecule has 0 radical (unpaired) electrons. The molecule has 0 aliphatic rings. The number of esters is 4. The zero-order chi connectivity index (χ0) is 56.8. The molecule has 16 nitrogen and oxygen atoms in total. The second-order valence-electron chi connectivity index (χ2n) is 21.3. The normalized spacial score (nSPS) is 14.0. The van der Waals surface area contributed by atoms with Crippen LogP contribution in [0.4, 0.5) is 0 Å². The summed E-state index contributed by atoms with van der Waals surface area (Å²) in [6.07, 6.45) is -2.82. The van der Waals surface area contributed by atoms with Crippen LogP contribution in [-0.4, -0.2) is 93.5 Å². The van der Waals surface area contributed by atoms with Gasteiger partial charge in [0.15, 0.2) is 16.6 Å². The second-order valence-corrected chi connectivity index (χ2v) is 35.0. The van der Waals surface area contributed by atoms with Crippen molar-refractivity contribution in [2.24, 2.45) is 11.8 Å². The van der Waals surface area contributed by atoms with Crippen LogP contribution in [0.25, 0.3) is 0 Å². The van der Waals surface area contributed by atoms with E-state index in [1.165, 1.54) is 28.4 Å². The molecule has 0 unspecified atom stereocenters. The number of hydrogen-bond donors (Lipinski definition) is 0. The molecule has 0 bridgehead atoms. The maximum atomic E-state index is 14.1. The first-order valence-electron chi connectivity index (χ1n) is 25.2. The number of hydrogen-bond acceptors (Lipinski definition) is 16. The van der Waals surface area contributed by atoms with Crippen LogP contribution in [0.2, 0.25) is 36.3 Å². The van der Waals surface area contributed by atoms with Crippen LogP contribution < -0.4 is 0 Å². The largest absolute Gasteiger partial charge is 0.469 e. The van der Waals surface area contributed by atoms with Gasteiger partial charge in [0.25, 0.3) is 0 Å². The van der Waals surface area contributed by atoms with Crippen LogP contribution in [0, 0.1) is 11.8 Å². The molecule has 0 saturated carbocycles. The fraction of sp³-hybridized carbons (Fsp3) is 0.500. The van der Waals surface area contributed by atoms with Crippen molar-refractivity contribution in [2.45, 2.75) is 129 Å². The molecule has 4 aromatic rings. The van der Waals surface area contributed by atoms with Crippen LogP contribution in [0.15, 0.2) is 121 Å². The number of methoxy groups -OCH3 is 4. The van der Waals surface area contributed by atoms with E-state index in [2.05, 4.69) is 0 Å². The third-order valence-electron chi connectivity index (χ3n) is 13.5. The molecule has 20 heteroatoms. The van der Waals surface area contributed by atoms with Gasteiger partial charge in [-0.15, -0.1) is 0 Å². The Labute approximate surface area is 453 Å². The standard InChI is InChI=1S/2C28H41O8PSi/c2*1-28(2,3)38(6,7)36-25(27(30)33-5)18-24(26(29)32-4)21-37(31,34-19-22-14-10-8-11-15-22)35-20-23-16-12-9-13-17-23/h2*8-17,24-25H,18-21H2,1-7H3/t24-,25+;24-,25-/m10/s1. The average molecular weight is 1130 g/mol.